The number of hydrogen-bond donors (Lipinski definition) is 0. The Balaban J connectivity index is 1.90. The molecule has 0 N–H and O–H groups in total. The molecule has 0 saturated heterocycles. The Kier molecular flexibility index (Phi) is 2.12. The van der Waals surface area contributed by atoms with E-state index in [9.17, 15) is 0 Å². The molecule has 2 bridgehead atoms. The molecule has 0 amide bonds. The minimum absolute atomic E-state index is 0.892. The number of allylic oxidation sites excluding steroid dienone is 6. The number of fused-ring (bicyclic) bond motifs is 2. The van der Waals surface area contributed by atoms with Crippen molar-refractivity contribution in [3.05, 3.63) is 35.5 Å². The lowest BCUT2D eigenvalue weighted by atomic mass is 9.89. The molecule has 2 saturated carbocycles. The smallest absolute Gasteiger partial charge is 0.258 e. The molecular formula is C14H17O+. The van der Waals surface area contributed by atoms with Crippen LogP contribution < -0.4 is 0 Å². The van der Waals surface area contributed by atoms with Crippen molar-refractivity contribution >= 4 is 5.78 Å². The van der Waals surface area contributed by atoms with E-state index < -0.39 is 0 Å². The molecule has 0 radical (unpaired) electrons. The van der Waals surface area contributed by atoms with Gasteiger partial charge < -0.3 is 0 Å². The molecule has 0 heterocycles. The lowest BCUT2D eigenvalue weighted by molar-refractivity contribution is -0.417. The van der Waals surface area contributed by atoms with Gasteiger partial charge in [0.25, 0.3) is 7.11 Å². The van der Waals surface area contributed by atoms with Gasteiger partial charge in [0.05, 0.1) is 0 Å². The third-order valence-corrected chi connectivity index (χ3v) is 4.00. The van der Waals surface area contributed by atoms with Crippen LogP contribution in [0.4, 0.5) is 0 Å². The minimum atomic E-state index is 0.892. The maximum Gasteiger partial charge on any atom is 0.343 e. The van der Waals surface area contributed by atoms with Crippen molar-refractivity contribution in [1.29, 1.82) is 0 Å². The Morgan fingerprint density at radius 3 is 2.47 bits per heavy atom. The van der Waals surface area contributed by atoms with Crippen LogP contribution in [0.2, 0.25) is 0 Å². The summed E-state index contributed by atoms with van der Waals surface area (Å²) in [5.74, 6) is 2.85. The van der Waals surface area contributed by atoms with E-state index in [-0.39, 0.29) is 0 Å². The fourth-order valence-electron chi connectivity index (χ4n) is 3.21. The van der Waals surface area contributed by atoms with Crippen molar-refractivity contribution < 1.29 is 4.42 Å². The second kappa shape index (κ2) is 3.48. The summed E-state index contributed by atoms with van der Waals surface area (Å²) in [5, 5.41) is 0. The summed E-state index contributed by atoms with van der Waals surface area (Å²) in [7, 11) is 1.72. The zero-order chi connectivity index (χ0) is 10.3. The Labute approximate surface area is 90.9 Å². The van der Waals surface area contributed by atoms with Gasteiger partial charge in [0, 0.05) is 12.2 Å². The molecule has 15 heavy (non-hydrogen) atoms. The van der Waals surface area contributed by atoms with Gasteiger partial charge in [-0.25, -0.2) is 0 Å². The molecule has 0 aromatic rings. The van der Waals surface area contributed by atoms with E-state index >= 15 is 0 Å². The number of hydrogen-bond acceptors (Lipinski definition) is 0. The van der Waals surface area contributed by atoms with E-state index in [4.69, 9.17) is 4.42 Å². The van der Waals surface area contributed by atoms with Crippen molar-refractivity contribution in [3.8, 4) is 0 Å². The van der Waals surface area contributed by atoms with Crippen LogP contribution in [0.5, 0.6) is 0 Å². The van der Waals surface area contributed by atoms with Crippen LogP contribution in [-0.2, 0) is 4.42 Å². The monoisotopic (exact) mass is 201 g/mol. The first kappa shape index (κ1) is 9.14. The summed E-state index contributed by atoms with van der Waals surface area (Å²) < 4.78 is 5.18. The van der Waals surface area contributed by atoms with Crippen LogP contribution in [0.3, 0.4) is 0 Å². The number of carbonyl (C=O) groups excluding carboxylic acids is 1. The van der Waals surface area contributed by atoms with Crippen LogP contribution in [0.15, 0.2) is 35.5 Å². The summed E-state index contributed by atoms with van der Waals surface area (Å²) in [6, 6.07) is 0. The van der Waals surface area contributed by atoms with Gasteiger partial charge in [-0.1, -0.05) is 5.57 Å². The van der Waals surface area contributed by atoms with E-state index in [1.165, 1.54) is 31.3 Å². The second-order valence-corrected chi connectivity index (χ2v) is 4.83. The van der Waals surface area contributed by atoms with Gasteiger partial charge in [0.1, 0.15) is 0 Å². The minimum Gasteiger partial charge on any atom is -0.258 e. The van der Waals surface area contributed by atoms with E-state index in [0.717, 1.165) is 17.6 Å². The van der Waals surface area contributed by atoms with E-state index in [2.05, 4.69) is 24.3 Å². The molecule has 3 aliphatic rings. The van der Waals surface area contributed by atoms with Crippen LogP contribution in [0, 0.1) is 11.8 Å². The summed E-state index contributed by atoms with van der Waals surface area (Å²) in [6.07, 6.45) is 14.3. The summed E-state index contributed by atoms with van der Waals surface area (Å²) in [4.78, 5) is 0. The largest absolute Gasteiger partial charge is 0.343 e. The van der Waals surface area contributed by atoms with Gasteiger partial charge in [-0.2, -0.15) is 0 Å². The molecule has 0 aliphatic heterocycles. The Morgan fingerprint density at radius 1 is 1.13 bits per heavy atom. The average Bonchev–Trinajstić information content (AvgIpc) is 2.91. The molecule has 2 fully saturated rings. The first-order chi connectivity index (χ1) is 7.36. The third-order valence-electron chi connectivity index (χ3n) is 4.00. The highest BCUT2D eigenvalue weighted by Gasteiger charge is 2.36. The fraction of sp³-hybridized carbons (Fsp3) is 0.500. The van der Waals surface area contributed by atoms with Gasteiger partial charge in [-0.15, -0.1) is 0 Å². The average molecular weight is 201 g/mol. The molecular weight excluding hydrogens is 184 g/mol. The lowest BCUT2D eigenvalue weighted by Gasteiger charge is -2.16. The molecule has 3 aliphatic carbocycles. The molecule has 2 atom stereocenters. The van der Waals surface area contributed by atoms with Crippen LogP contribution in [-0.4, -0.2) is 12.9 Å². The van der Waals surface area contributed by atoms with Crippen molar-refractivity contribution in [2.24, 2.45) is 11.8 Å². The van der Waals surface area contributed by atoms with Crippen LogP contribution >= 0.6 is 0 Å². The topological polar surface area (TPSA) is 11.3 Å². The van der Waals surface area contributed by atoms with Gasteiger partial charge in [-0.05, 0) is 55.2 Å². The molecule has 0 aromatic carbocycles. The Morgan fingerprint density at radius 2 is 1.93 bits per heavy atom. The first-order valence-corrected chi connectivity index (χ1v) is 5.87. The van der Waals surface area contributed by atoms with Crippen LogP contribution in [0.1, 0.15) is 25.7 Å². The zero-order valence-corrected chi connectivity index (χ0v) is 9.20. The Bertz CT molecular complexity index is 378. The second-order valence-electron chi connectivity index (χ2n) is 4.83. The molecule has 3 rings (SSSR count). The first-order valence-electron chi connectivity index (χ1n) is 5.87. The normalized spacial score (nSPS) is 33.0. The summed E-state index contributed by atoms with van der Waals surface area (Å²) >= 11 is 0. The van der Waals surface area contributed by atoms with E-state index in [1.54, 1.807) is 12.7 Å². The molecule has 78 valence electrons. The van der Waals surface area contributed by atoms with E-state index in [0.29, 0.717) is 0 Å². The van der Waals surface area contributed by atoms with Crippen molar-refractivity contribution in [2.75, 3.05) is 7.11 Å². The summed E-state index contributed by atoms with van der Waals surface area (Å²) in [6.45, 7) is 0. The zero-order valence-electron chi connectivity index (χ0n) is 9.20. The highest BCUT2D eigenvalue weighted by atomic mass is 16.4. The van der Waals surface area contributed by atoms with Gasteiger partial charge >= 0.3 is 5.78 Å². The van der Waals surface area contributed by atoms with Crippen molar-refractivity contribution in [1.82, 2.24) is 0 Å². The number of rotatable bonds is 0. The predicted octanol–water partition coefficient (Wildman–Crippen LogP) is 2.96. The highest BCUT2D eigenvalue weighted by molar-refractivity contribution is 6.01. The van der Waals surface area contributed by atoms with Gasteiger partial charge in [-0.3, -0.25) is 4.42 Å². The van der Waals surface area contributed by atoms with Crippen molar-refractivity contribution in [3.63, 3.8) is 0 Å². The van der Waals surface area contributed by atoms with Gasteiger partial charge in [0.2, 0.25) is 0 Å². The lowest BCUT2D eigenvalue weighted by Crippen LogP contribution is -2.03. The highest BCUT2D eigenvalue weighted by Crippen LogP contribution is 2.49. The molecule has 0 aromatic heterocycles. The molecule has 1 nitrogen and oxygen atoms in total. The molecule has 0 spiro atoms. The van der Waals surface area contributed by atoms with Crippen LogP contribution in [0.25, 0.3) is 0 Å². The predicted molar refractivity (Wildman–Crippen MR) is 61.7 cm³/mol. The Hall–Kier alpha value is -1.11. The summed E-state index contributed by atoms with van der Waals surface area (Å²) in [5.41, 5.74) is 3.15. The fourth-order valence-corrected chi connectivity index (χ4v) is 3.21. The maximum absolute atomic E-state index is 5.18. The third kappa shape index (κ3) is 1.50. The quantitative estimate of drug-likeness (QED) is 0.534. The molecule has 1 heteroatoms. The SMILES string of the molecule is C[O+]=C1C=CC(=C2CC3CCC2C3)C=C1. The standard InChI is InChI=1S/C14H17O/c1-15-13-6-4-11(5-7-13)14-9-10-2-3-12(14)8-10/h4-7,10,12H,2-3,8-9H2,1H3/q+1. The van der Waals surface area contributed by atoms with Gasteiger partial charge in [0.15, 0.2) is 0 Å². The van der Waals surface area contributed by atoms with Crippen molar-refractivity contribution in [2.45, 2.75) is 25.7 Å². The molecule has 2 unspecified atom stereocenters. The van der Waals surface area contributed by atoms with E-state index in [1.807, 2.05) is 0 Å². The number of ketones is 1. The maximum atomic E-state index is 5.18.